The second kappa shape index (κ2) is 6.44. The van der Waals surface area contributed by atoms with E-state index in [9.17, 15) is 4.79 Å². The van der Waals surface area contributed by atoms with Gasteiger partial charge in [0.25, 0.3) is 5.91 Å². The number of tetrazole rings is 1. The van der Waals surface area contributed by atoms with Crippen molar-refractivity contribution in [2.24, 2.45) is 0 Å². The van der Waals surface area contributed by atoms with Gasteiger partial charge >= 0.3 is 0 Å². The fraction of sp³-hybridized carbons (Fsp3) is 0.333. The number of carbonyl (C=O) groups is 1. The molecular weight excluding hydrogens is 280 g/mol. The molecule has 3 rings (SSSR count). The number of aromatic nitrogens is 4. The molecule has 0 bridgehead atoms. The van der Waals surface area contributed by atoms with E-state index in [0.29, 0.717) is 5.56 Å². The Balaban J connectivity index is 0.00000147. The van der Waals surface area contributed by atoms with Crippen LogP contribution in [0.2, 0.25) is 0 Å². The van der Waals surface area contributed by atoms with Crippen molar-refractivity contribution in [2.45, 2.75) is 12.5 Å². The number of hydrogen-bond donors (Lipinski definition) is 2. The third kappa shape index (κ3) is 3.12. The van der Waals surface area contributed by atoms with Gasteiger partial charge in [0.1, 0.15) is 6.33 Å². The van der Waals surface area contributed by atoms with Crippen molar-refractivity contribution in [3.8, 4) is 5.69 Å². The summed E-state index contributed by atoms with van der Waals surface area (Å²) in [6.07, 6.45) is 2.49. The molecule has 20 heavy (non-hydrogen) atoms. The predicted molar refractivity (Wildman–Crippen MR) is 75.1 cm³/mol. The topological polar surface area (TPSA) is 84.7 Å². The highest BCUT2D eigenvalue weighted by atomic mass is 35.5. The van der Waals surface area contributed by atoms with Gasteiger partial charge in [-0.1, -0.05) is 0 Å². The van der Waals surface area contributed by atoms with E-state index in [-0.39, 0.29) is 24.4 Å². The third-order valence-corrected chi connectivity index (χ3v) is 3.14. The maximum atomic E-state index is 12.0. The highest BCUT2D eigenvalue weighted by molar-refractivity contribution is 5.94. The zero-order chi connectivity index (χ0) is 13.1. The van der Waals surface area contributed by atoms with Crippen molar-refractivity contribution in [1.82, 2.24) is 30.8 Å². The van der Waals surface area contributed by atoms with E-state index in [1.54, 1.807) is 16.8 Å². The first-order valence-corrected chi connectivity index (χ1v) is 6.18. The smallest absolute Gasteiger partial charge is 0.251 e. The maximum absolute atomic E-state index is 12.0. The van der Waals surface area contributed by atoms with Gasteiger partial charge in [-0.15, -0.1) is 17.5 Å². The summed E-state index contributed by atoms with van der Waals surface area (Å²) in [6, 6.07) is 7.41. The fourth-order valence-electron chi connectivity index (χ4n) is 2.09. The lowest BCUT2D eigenvalue weighted by Crippen LogP contribution is -2.36. The van der Waals surface area contributed by atoms with Gasteiger partial charge in [0, 0.05) is 18.2 Å². The Morgan fingerprint density at radius 2 is 2.15 bits per heavy atom. The minimum atomic E-state index is -0.0445. The molecule has 0 saturated carbocycles. The molecule has 1 amide bonds. The van der Waals surface area contributed by atoms with Gasteiger partial charge in [0.2, 0.25) is 0 Å². The highest BCUT2D eigenvalue weighted by Gasteiger charge is 2.17. The molecule has 1 fully saturated rings. The van der Waals surface area contributed by atoms with Crippen LogP contribution in [-0.2, 0) is 0 Å². The van der Waals surface area contributed by atoms with E-state index in [4.69, 9.17) is 0 Å². The van der Waals surface area contributed by atoms with Gasteiger partial charge in [-0.05, 0) is 47.7 Å². The average molecular weight is 295 g/mol. The van der Waals surface area contributed by atoms with Crippen LogP contribution in [0.5, 0.6) is 0 Å². The molecule has 0 aliphatic carbocycles. The van der Waals surface area contributed by atoms with E-state index >= 15 is 0 Å². The van der Waals surface area contributed by atoms with Gasteiger partial charge in [0.05, 0.1) is 5.69 Å². The Labute approximate surface area is 122 Å². The van der Waals surface area contributed by atoms with Crippen LogP contribution >= 0.6 is 12.4 Å². The zero-order valence-electron chi connectivity index (χ0n) is 10.7. The van der Waals surface area contributed by atoms with Crippen molar-refractivity contribution in [1.29, 1.82) is 0 Å². The Bertz CT molecular complexity index is 550. The van der Waals surface area contributed by atoms with Gasteiger partial charge in [-0.25, -0.2) is 4.68 Å². The molecule has 0 spiro atoms. The average Bonchev–Trinajstić information content (AvgIpc) is 3.12. The van der Waals surface area contributed by atoms with Crippen LogP contribution in [0.3, 0.4) is 0 Å². The number of carbonyl (C=O) groups excluding carboxylic acids is 1. The minimum absolute atomic E-state index is 0. The van der Waals surface area contributed by atoms with E-state index < -0.39 is 0 Å². The van der Waals surface area contributed by atoms with Crippen LogP contribution in [0.4, 0.5) is 0 Å². The molecule has 2 heterocycles. The molecule has 1 aliphatic heterocycles. The molecule has 2 aromatic rings. The number of hydrogen-bond acceptors (Lipinski definition) is 5. The normalized spacial score (nSPS) is 17.5. The Hall–Kier alpha value is -1.99. The lowest BCUT2D eigenvalue weighted by Gasteiger charge is -2.11. The summed E-state index contributed by atoms with van der Waals surface area (Å²) in [5.41, 5.74) is 1.47. The molecule has 0 radical (unpaired) electrons. The van der Waals surface area contributed by atoms with Crippen molar-refractivity contribution < 1.29 is 4.79 Å². The molecule has 1 aromatic heterocycles. The summed E-state index contributed by atoms with van der Waals surface area (Å²) in [7, 11) is 0. The van der Waals surface area contributed by atoms with Gasteiger partial charge in [0.15, 0.2) is 0 Å². The van der Waals surface area contributed by atoms with Crippen LogP contribution in [0.25, 0.3) is 5.69 Å². The molecule has 1 atom stereocenters. The monoisotopic (exact) mass is 294 g/mol. The number of amides is 1. The molecule has 1 unspecified atom stereocenters. The lowest BCUT2D eigenvalue weighted by molar-refractivity contribution is 0.0940. The molecule has 1 aromatic carbocycles. The third-order valence-electron chi connectivity index (χ3n) is 3.14. The number of nitrogens with zero attached hydrogens (tertiary/aromatic N) is 4. The van der Waals surface area contributed by atoms with Crippen LogP contribution in [0.15, 0.2) is 30.6 Å². The standard InChI is InChI=1S/C12H14N6O.ClH/c19-12(15-10-5-6-13-7-10)9-1-3-11(4-2-9)18-8-14-16-17-18;/h1-4,8,10,13H,5-7H2,(H,15,19);1H. The van der Waals surface area contributed by atoms with E-state index in [1.807, 2.05) is 12.1 Å². The van der Waals surface area contributed by atoms with E-state index in [1.165, 1.54) is 6.33 Å². The molecular formula is C12H15ClN6O. The van der Waals surface area contributed by atoms with E-state index in [2.05, 4.69) is 26.2 Å². The molecule has 1 aliphatic rings. The first-order valence-electron chi connectivity index (χ1n) is 6.18. The lowest BCUT2D eigenvalue weighted by atomic mass is 10.1. The largest absolute Gasteiger partial charge is 0.348 e. The van der Waals surface area contributed by atoms with Crippen LogP contribution in [-0.4, -0.2) is 45.2 Å². The van der Waals surface area contributed by atoms with Gasteiger partial charge in [-0.2, -0.15) is 0 Å². The summed E-state index contributed by atoms with van der Waals surface area (Å²) < 4.78 is 1.54. The van der Waals surface area contributed by atoms with Crippen molar-refractivity contribution in [3.05, 3.63) is 36.2 Å². The van der Waals surface area contributed by atoms with Crippen molar-refractivity contribution in [3.63, 3.8) is 0 Å². The quantitative estimate of drug-likeness (QED) is 0.843. The molecule has 8 heteroatoms. The first-order chi connectivity index (χ1) is 9.33. The summed E-state index contributed by atoms with van der Waals surface area (Å²) in [4.78, 5) is 12.0. The summed E-state index contributed by atoms with van der Waals surface area (Å²) in [5.74, 6) is -0.0445. The predicted octanol–water partition coefficient (Wildman–Crippen LogP) is 0.176. The second-order valence-corrected chi connectivity index (χ2v) is 4.46. The Morgan fingerprint density at radius 1 is 1.35 bits per heavy atom. The molecule has 106 valence electrons. The van der Waals surface area contributed by atoms with Gasteiger partial charge in [-0.3, -0.25) is 4.79 Å². The molecule has 7 nitrogen and oxygen atoms in total. The second-order valence-electron chi connectivity index (χ2n) is 4.46. The summed E-state index contributed by atoms with van der Waals surface area (Å²) in [5, 5.41) is 17.1. The van der Waals surface area contributed by atoms with Gasteiger partial charge < -0.3 is 10.6 Å². The Morgan fingerprint density at radius 3 is 2.75 bits per heavy atom. The molecule has 1 saturated heterocycles. The highest BCUT2D eigenvalue weighted by Crippen LogP contribution is 2.08. The van der Waals surface area contributed by atoms with Crippen LogP contribution in [0.1, 0.15) is 16.8 Å². The van der Waals surface area contributed by atoms with E-state index in [0.717, 1.165) is 25.2 Å². The SMILES string of the molecule is Cl.O=C(NC1CCNC1)c1ccc(-n2cnnn2)cc1. The Kier molecular flexibility index (Phi) is 4.65. The summed E-state index contributed by atoms with van der Waals surface area (Å²) in [6.45, 7) is 1.80. The summed E-state index contributed by atoms with van der Waals surface area (Å²) >= 11 is 0. The van der Waals surface area contributed by atoms with Crippen molar-refractivity contribution >= 4 is 18.3 Å². The number of rotatable bonds is 3. The minimum Gasteiger partial charge on any atom is -0.348 e. The number of nitrogens with one attached hydrogen (secondary N) is 2. The first kappa shape index (κ1) is 14.4. The van der Waals surface area contributed by atoms with Crippen LogP contribution < -0.4 is 10.6 Å². The molecule has 2 N–H and O–H groups in total. The number of halogens is 1. The maximum Gasteiger partial charge on any atom is 0.251 e. The van der Waals surface area contributed by atoms with Crippen molar-refractivity contribution in [2.75, 3.05) is 13.1 Å². The zero-order valence-corrected chi connectivity index (χ0v) is 11.5. The van der Waals surface area contributed by atoms with Crippen LogP contribution in [0, 0.1) is 0 Å². The number of benzene rings is 1. The fourth-order valence-corrected chi connectivity index (χ4v) is 2.09.